The van der Waals surface area contributed by atoms with Gasteiger partial charge in [0, 0.05) is 4.90 Å². The van der Waals surface area contributed by atoms with Gasteiger partial charge < -0.3 is 10.4 Å². The number of hydrogen-bond acceptors (Lipinski definition) is 3. The van der Waals surface area contributed by atoms with E-state index < -0.39 is 5.97 Å². The molecule has 1 aliphatic rings. The second-order valence-electron chi connectivity index (χ2n) is 4.36. The number of rotatable bonds is 2. The van der Waals surface area contributed by atoms with Gasteiger partial charge in [-0.2, -0.15) is 0 Å². The smallest absolute Gasteiger partial charge is 0.336 e. The molecule has 4 heteroatoms. The Balaban J connectivity index is 2.19. The van der Waals surface area contributed by atoms with Crippen molar-refractivity contribution >= 4 is 29.1 Å². The lowest BCUT2D eigenvalue weighted by atomic mass is 10.1. The molecule has 0 saturated carbocycles. The summed E-state index contributed by atoms with van der Waals surface area (Å²) in [6, 6.07) is 11.5. The molecule has 0 fully saturated rings. The first-order valence-electron chi connectivity index (χ1n) is 6.13. The molecule has 0 aromatic heterocycles. The molecule has 0 saturated heterocycles. The minimum atomic E-state index is -0.882. The van der Waals surface area contributed by atoms with Crippen LogP contribution in [0.5, 0.6) is 0 Å². The Labute approximate surface area is 115 Å². The van der Waals surface area contributed by atoms with Gasteiger partial charge in [-0.1, -0.05) is 36.9 Å². The summed E-state index contributed by atoms with van der Waals surface area (Å²) in [5, 5.41) is 12.7. The summed E-state index contributed by atoms with van der Waals surface area (Å²) in [6.07, 6.45) is 0.873. The van der Waals surface area contributed by atoms with Crippen molar-refractivity contribution in [3.05, 3.63) is 47.5 Å². The number of carbonyl (C=O) groups is 1. The van der Waals surface area contributed by atoms with Gasteiger partial charge in [-0.25, -0.2) is 4.79 Å². The second-order valence-corrected chi connectivity index (χ2v) is 5.41. The van der Waals surface area contributed by atoms with E-state index in [1.165, 1.54) is 11.8 Å². The van der Waals surface area contributed by atoms with E-state index in [1.807, 2.05) is 30.3 Å². The second kappa shape index (κ2) is 4.63. The van der Waals surface area contributed by atoms with Crippen molar-refractivity contribution < 1.29 is 9.90 Å². The maximum atomic E-state index is 11.3. The van der Waals surface area contributed by atoms with E-state index in [1.54, 1.807) is 6.07 Å². The molecule has 0 aliphatic carbocycles. The average Bonchev–Trinajstić information content (AvgIpc) is 2.43. The van der Waals surface area contributed by atoms with Crippen molar-refractivity contribution in [1.29, 1.82) is 0 Å². The fourth-order valence-electron chi connectivity index (χ4n) is 2.23. The normalized spacial score (nSPS) is 12.3. The molecule has 1 aliphatic heterocycles. The van der Waals surface area contributed by atoms with E-state index in [-0.39, 0.29) is 0 Å². The van der Waals surface area contributed by atoms with Crippen LogP contribution in [0.15, 0.2) is 46.2 Å². The molecule has 2 aromatic rings. The van der Waals surface area contributed by atoms with Crippen molar-refractivity contribution in [3.63, 3.8) is 0 Å². The highest BCUT2D eigenvalue weighted by molar-refractivity contribution is 7.99. The zero-order chi connectivity index (χ0) is 13.4. The van der Waals surface area contributed by atoms with Gasteiger partial charge in [0.2, 0.25) is 0 Å². The lowest BCUT2D eigenvalue weighted by molar-refractivity contribution is 0.0693. The molecule has 96 valence electrons. The molecule has 0 atom stereocenters. The first-order valence-corrected chi connectivity index (χ1v) is 6.95. The van der Waals surface area contributed by atoms with Crippen LogP contribution in [-0.2, 0) is 6.42 Å². The van der Waals surface area contributed by atoms with Gasteiger partial charge in [-0.3, -0.25) is 0 Å². The Morgan fingerprint density at radius 1 is 1.26 bits per heavy atom. The Morgan fingerprint density at radius 2 is 2.05 bits per heavy atom. The zero-order valence-corrected chi connectivity index (χ0v) is 11.3. The highest BCUT2D eigenvalue weighted by Gasteiger charge is 2.23. The number of hydrogen-bond donors (Lipinski definition) is 2. The van der Waals surface area contributed by atoms with Crippen molar-refractivity contribution in [2.24, 2.45) is 0 Å². The molecule has 3 rings (SSSR count). The number of carboxylic acid groups (broad SMARTS) is 1. The van der Waals surface area contributed by atoms with Crippen LogP contribution in [0.2, 0.25) is 0 Å². The van der Waals surface area contributed by atoms with E-state index in [4.69, 9.17) is 0 Å². The summed E-state index contributed by atoms with van der Waals surface area (Å²) >= 11 is 1.52. The van der Waals surface area contributed by atoms with Crippen molar-refractivity contribution in [2.75, 3.05) is 5.32 Å². The topological polar surface area (TPSA) is 49.3 Å². The predicted octanol–water partition coefficient (Wildman–Crippen LogP) is 4.16. The number of aryl methyl sites for hydroxylation is 1. The summed E-state index contributed by atoms with van der Waals surface area (Å²) < 4.78 is 0. The lowest BCUT2D eigenvalue weighted by Crippen LogP contribution is -2.08. The Hall–Kier alpha value is -1.94. The van der Waals surface area contributed by atoms with Gasteiger partial charge in [0.1, 0.15) is 0 Å². The van der Waals surface area contributed by atoms with Crippen LogP contribution in [0.3, 0.4) is 0 Å². The Kier molecular flexibility index (Phi) is 2.95. The van der Waals surface area contributed by atoms with E-state index in [0.29, 0.717) is 5.56 Å². The van der Waals surface area contributed by atoms with Crippen molar-refractivity contribution in [1.82, 2.24) is 0 Å². The van der Waals surface area contributed by atoms with Crippen LogP contribution in [0.25, 0.3) is 0 Å². The molecule has 0 bridgehead atoms. The van der Waals surface area contributed by atoms with Gasteiger partial charge in [0.15, 0.2) is 0 Å². The number of aromatic carboxylic acids is 1. The van der Waals surface area contributed by atoms with Crippen LogP contribution in [0.4, 0.5) is 11.4 Å². The minimum absolute atomic E-state index is 0.360. The van der Waals surface area contributed by atoms with E-state index >= 15 is 0 Å². The van der Waals surface area contributed by atoms with E-state index in [9.17, 15) is 9.90 Å². The van der Waals surface area contributed by atoms with E-state index in [0.717, 1.165) is 33.2 Å². The number of anilines is 2. The Bertz CT molecular complexity index is 667. The molecule has 2 aromatic carbocycles. The third-order valence-corrected chi connectivity index (χ3v) is 4.42. The van der Waals surface area contributed by atoms with E-state index in [2.05, 4.69) is 12.2 Å². The number of para-hydroxylation sites is 1. The molecule has 0 amide bonds. The van der Waals surface area contributed by atoms with Gasteiger partial charge in [0.05, 0.1) is 21.8 Å². The minimum Gasteiger partial charge on any atom is -0.478 e. The standard InChI is InChI=1S/C15H13NO2S/c1-2-9-7-8-10(15(17)18)14-13(9)16-11-5-3-4-6-12(11)19-14/h3-8,16H,2H2,1H3,(H,17,18). The monoisotopic (exact) mass is 271 g/mol. The third-order valence-electron chi connectivity index (χ3n) is 3.21. The van der Waals surface area contributed by atoms with Gasteiger partial charge >= 0.3 is 5.97 Å². The highest BCUT2D eigenvalue weighted by atomic mass is 32.2. The molecule has 3 nitrogen and oxygen atoms in total. The number of benzene rings is 2. The molecule has 0 radical (unpaired) electrons. The molecular formula is C15H13NO2S. The quantitative estimate of drug-likeness (QED) is 0.735. The summed E-state index contributed by atoms with van der Waals surface area (Å²) in [7, 11) is 0. The molecule has 19 heavy (non-hydrogen) atoms. The van der Waals surface area contributed by atoms with Gasteiger partial charge in [-0.15, -0.1) is 0 Å². The lowest BCUT2D eigenvalue weighted by Gasteiger charge is -2.24. The van der Waals surface area contributed by atoms with Crippen LogP contribution >= 0.6 is 11.8 Å². The molecule has 2 N–H and O–H groups in total. The summed E-state index contributed by atoms with van der Waals surface area (Å²) in [5.41, 5.74) is 3.48. The van der Waals surface area contributed by atoms with Crippen LogP contribution < -0.4 is 5.32 Å². The molecular weight excluding hydrogens is 258 g/mol. The largest absolute Gasteiger partial charge is 0.478 e. The SMILES string of the molecule is CCc1ccc(C(=O)O)c2c1Nc1ccccc1S2. The average molecular weight is 271 g/mol. The first-order chi connectivity index (χ1) is 9.20. The summed E-state index contributed by atoms with van der Waals surface area (Å²) in [5.74, 6) is -0.882. The fourth-order valence-corrected chi connectivity index (χ4v) is 3.38. The summed E-state index contributed by atoms with van der Waals surface area (Å²) in [4.78, 5) is 13.2. The zero-order valence-electron chi connectivity index (χ0n) is 10.4. The van der Waals surface area contributed by atoms with Gasteiger partial charge in [-0.05, 0) is 30.2 Å². The summed E-state index contributed by atoms with van der Waals surface area (Å²) in [6.45, 7) is 2.07. The Morgan fingerprint density at radius 3 is 2.79 bits per heavy atom. The molecule has 1 heterocycles. The van der Waals surface area contributed by atoms with Crippen LogP contribution in [0.1, 0.15) is 22.8 Å². The highest BCUT2D eigenvalue weighted by Crippen LogP contribution is 2.47. The molecule has 0 spiro atoms. The third kappa shape index (κ3) is 1.98. The first kappa shape index (κ1) is 12.1. The van der Waals surface area contributed by atoms with Crippen LogP contribution in [-0.4, -0.2) is 11.1 Å². The number of carboxylic acids is 1. The fraction of sp³-hybridized carbons (Fsp3) is 0.133. The van der Waals surface area contributed by atoms with Gasteiger partial charge in [0.25, 0.3) is 0 Å². The molecule has 0 unspecified atom stereocenters. The predicted molar refractivity (Wildman–Crippen MR) is 76.6 cm³/mol. The maximum Gasteiger partial charge on any atom is 0.336 e. The van der Waals surface area contributed by atoms with Crippen LogP contribution in [0, 0.1) is 0 Å². The number of fused-ring (bicyclic) bond motifs is 2. The van der Waals surface area contributed by atoms with Crippen molar-refractivity contribution in [2.45, 2.75) is 23.1 Å². The van der Waals surface area contributed by atoms with Crippen molar-refractivity contribution in [3.8, 4) is 0 Å². The maximum absolute atomic E-state index is 11.3. The number of nitrogens with one attached hydrogen (secondary N) is 1.